The van der Waals surface area contributed by atoms with Crippen molar-refractivity contribution in [3.05, 3.63) is 60.7 Å². The molecule has 18 heavy (non-hydrogen) atoms. The van der Waals surface area contributed by atoms with Crippen LogP contribution >= 0.6 is 0 Å². The van der Waals surface area contributed by atoms with Gasteiger partial charge < -0.3 is 8.91 Å². The standard InChI is InChI=1S/C12H18O2Si4/c13-16-17-18(14-15,11-7-3-1-4-8-11)12-9-5-2-6-10-12/h1-10,13H,16-17H2,15H3. The lowest BCUT2D eigenvalue weighted by Gasteiger charge is -2.30. The first-order chi connectivity index (χ1) is 8.83. The van der Waals surface area contributed by atoms with Gasteiger partial charge in [0.05, 0.1) is 8.55 Å². The Labute approximate surface area is 116 Å². The lowest BCUT2D eigenvalue weighted by molar-refractivity contribution is 0.619. The van der Waals surface area contributed by atoms with Crippen molar-refractivity contribution in [2.45, 2.75) is 0 Å². The molecule has 0 fully saturated rings. The summed E-state index contributed by atoms with van der Waals surface area (Å²) in [5, 5.41) is 2.67. The van der Waals surface area contributed by atoms with Crippen molar-refractivity contribution in [1.82, 2.24) is 0 Å². The molecule has 0 aliphatic rings. The molecule has 2 nitrogen and oxygen atoms in total. The zero-order valence-electron chi connectivity index (χ0n) is 10.5. The zero-order valence-corrected chi connectivity index (χ0v) is 16.4. The maximum atomic E-state index is 9.63. The minimum absolute atomic E-state index is 0.522. The highest BCUT2D eigenvalue weighted by Gasteiger charge is 2.37. The molecule has 2 aromatic carbocycles. The molecule has 6 heteroatoms. The molecule has 94 valence electrons. The van der Waals surface area contributed by atoms with Crippen molar-refractivity contribution in [1.29, 1.82) is 0 Å². The Kier molecular flexibility index (Phi) is 4.86. The van der Waals surface area contributed by atoms with Crippen molar-refractivity contribution in [3.8, 4) is 0 Å². The van der Waals surface area contributed by atoms with Gasteiger partial charge in [0.15, 0.2) is 0 Å². The van der Waals surface area contributed by atoms with Crippen molar-refractivity contribution in [3.63, 3.8) is 0 Å². The van der Waals surface area contributed by atoms with E-state index in [1.165, 1.54) is 10.4 Å². The number of hydrogen-bond acceptors (Lipinski definition) is 2. The first-order valence-electron chi connectivity index (χ1n) is 6.10. The van der Waals surface area contributed by atoms with Crippen LogP contribution in [-0.2, 0) is 4.12 Å². The van der Waals surface area contributed by atoms with Gasteiger partial charge in [-0.15, -0.1) is 0 Å². The molecule has 1 N–H and O–H groups in total. The molecule has 0 amide bonds. The Balaban J connectivity index is 2.53. The SMILES string of the molecule is O[SiH2][SiH2][Si](O[SiH3])(c1ccccc1)c1ccccc1. The van der Waals surface area contributed by atoms with Crippen LogP contribution in [0, 0.1) is 0 Å². The van der Waals surface area contributed by atoms with Gasteiger partial charge in [0, 0.05) is 0 Å². The molecule has 2 rings (SSSR count). The molecule has 0 aliphatic heterocycles. The van der Waals surface area contributed by atoms with Crippen LogP contribution in [0.5, 0.6) is 0 Å². The Morgan fingerprint density at radius 3 is 1.67 bits per heavy atom. The van der Waals surface area contributed by atoms with Crippen molar-refractivity contribution in [2.75, 3.05) is 0 Å². The monoisotopic (exact) mass is 306 g/mol. The third-order valence-corrected chi connectivity index (χ3v) is 25.7. The molecule has 0 radical (unpaired) electrons. The third kappa shape index (κ3) is 2.63. The highest BCUT2D eigenvalue weighted by Crippen LogP contribution is 2.04. The Morgan fingerprint density at radius 1 is 0.889 bits per heavy atom. The second kappa shape index (κ2) is 6.41. The van der Waals surface area contributed by atoms with E-state index < -0.39 is 25.7 Å². The normalized spacial score (nSPS) is 12.9. The van der Waals surface area contributed by atoms with Crippen molar-refractivity contribution in [2.24, 2.45) is 0 Å². The van der Waals surface area contributed by atoms with E-state index in [0.29, 0.717) is 0 Å². The molecule has 0 saturated heterocycles. The fourth-order valence-electron chi connectivity index (χ4n) is 2.37. The maximum absolute atomic E-state index is 9.63. The molecule has 0 bridgehead atoms. The van der Waals surface area contributed by atoms with E-state index in [1.54, 1.807) is 0 Å². The van der Waals surface area contributed by atoms with Crippen molar-refractivity contribution < 1.29 is 8.91 Å². The maximum Gasteiger partial charge on any atom is 0.220 e. The average molecular weight is 307 g/mol. The first-order valence-corrected chi connectivity index (χ1v) is 15.8. The van der Waals surface area contributed by atoms with E-state index in [-0.39, 0.29) is 0 Å². The quantitative estimate of drug-likeness (QED) is 0.630. The summed E-state index contributed by atoms with van der Waals surface area (Å²) in [6.45, 7) is 0. The highest BCUT2D eigenvalue weighted by molar-refractivity contribution is 7.49. The van der Waals surface area contributed by atoms with Gasteiger partial charge in [0.2, 0.25) is 7.83 Å². The number of benzene rings is 2. The molecule has 0 unspecified atom stereocenters. The van der Waals surface area contributed by atoms with Crippen LogP contribution in [0.4, 0.5) is 0 Å². The van der Waals surface area contributed by atoms with Gasteiger partial charge in [-0.25, -0.2) is 0 Å². The summed E-state index contributed by atoms with van der Waals surface area (Å²) in [5.74, 6) is 0. The predicted octanol–water partition coefficient (Wildman–Crippen LogP) is -2.30. The molecule has 0 heterocycles. The average Bonchev–Trinajstić information content (AvgIpc) is 2.47. The summed E-state index contributed by atoms with van der Waals surface area (Å²) in [7, 11) is -2.68. The third-order valence-electron chi connectivity index (χ3n) is 3.29. The van der Waals surface area contributed by atoms with Gasteiger partial charge in [-0.1, -0.05) is 60.7 Å². The van der Waals surface area contributed by atoms with E-state index in [9.17, 15) is 4.80 Å². The summed E-state index contributed by atoms with van der Waals surface area (Å²) >= 11 is 0. The van der Waals surface area contributed by atoms with E-state index in [2.05, 4.69) is 48.5 Å². The van der Waals surface area contributed by atoms with Gasteiger partial charge in [0.25, 0.3) is 0 Å². The fourth-order valence-corrected chi connectivity index (χ4v) is 27.2. The number of hydrogen-bond donors (Lipinski definition) is 1. The van der Waals surface area contributed by atoms with Gasteiger partial charge in [-0.05, 0) is 10.4 Å². The van der Waals surface area contributed by atoms with Gasteiger partial charge in [-0.2, -0.15) is 0 Å². The minimum atomic E-state index is -2.01. The molecule has 0 saturated carbocycles. The zero-order chi connectivity index (χ0) is 12.8. The minimum Gasteiger partial charge on any atom is -0.460 e. The summed E-state index contributed by atoms with van der Waals surface area (Å²) < 4.78 is 6.16. The van der Waals surface area contributed by atoms with Crippen LogP contribution in [0.1, 0.15) is 0 Å². The van der Waals surface area contributed by atoms with Crippen LogP contribution < -0.4 is 10.4 Å². The smallest absolute Gasteiger partial charge is 0.220 e. The Morgan fingerprint density at radius 2 is 1.33 bits per heavy atom. The van der Waals surface area contributed by atoms with E-state index in [1.807, 2.05) is 12.1 Å². The fraction of sp³-hybridized carbons (Fsp3) is 0. The largest absolute Gasteiger partial charge is 0.460 e. The Hall–Kier alpha value is -0.772. The second-order valence-electron chi connectivity index (χ2n) is 4.24. The van der Waals surface area contributed by atoms with Crippen LogP contribution in [0.3, 0.4) is 0 Å². The molecule has 0 aliphatic carbocycles. The number of rotatable bonds is 5. The van der Waals surface area contributed by atoms with Gasteiger partial charge in [0.1, 0.15) is 19.8 Å². The predicted molar refractivity (Wildman–Crippen MR) is 88.2 cm³/mol. The molecule has 2 aromatic rings. The second-order valence-corrected chi connectivity index (χ2v) is 20.0. The topological polar surface area (TPSA) is 29.5 Å². The van der Waals surface area contributed by atoms with Gasteiger partial charge >= 0.3 is 0 Å². The molecule has 0 spiro atoms. The van der Waals surface area contributed by atoms with Crippen LogP contribution in [-0.4, -0.2) is 41.0 Å². The lowest BCUT2D eigenvalue weighted by Crippen LogP contribution is -2.67. The van der Waals surface area contributed by atoms with Crippen LogP contribution in [0.2, 0.25) is 0 Å². The summed E-state index contributed by atoms with van der Waals surface area (Å²) in [6, 6.07) is 21.1. The molecular formula is C12H18O2Si4. The first kappa shape index (κ1) is 13.7. The lowest BCUT2D eigenvalue weighted by atomic mass is 10.4. The van der Waals surface area contributed by atoms with Crippen LogP contribution in [0.25, 0.3) is 0 Å². The molecule has 0 aromatic heterocycles. The van der Waals surface area contributed by atoms with Crippen LogP contribution in [0.15, 0.2) is 60.7 Å². The summed E-state index contributed by atoms with van der Waals surface area (Å²) in [5.41, 5.74) is 0. The Bertz CT molecular complexity index is 438. The summed E-state index contributed by atoms with van der Waals surface area (Å²) in [4.78, 5) is 9.63. The highest BCUT2D eigenvalue weighted by atomic mass is 29.6. The van der Waals surface area contributed by atoms with Gasteiger partial charge in [-0.3, -0.25) is 0 Å². The van der Waals surface area contributed by atoms with E-state index in [4.69, 9.17) is 4.12 Å². The molecular weight excluding hydrogens is 288 g/mol. The van der Waals surface area contributed by atoms with E-state index in [0.717, 1.165) is 10.5 Å². The van der Waals surface area contributed by atoms with Crippen molar-refractivity contribution >= 4 is 46.5 Å². The van der Waals surface area contributed by atoms with E-state index >= 15 is 0 Å². The summed E-state index contributed by atoms with van der Waals surface area (Å²) in [6.07, 6.45) is 0. The molecule has 0 atom stereocenters.